The van der Waals surface area contributed by atoms with Crippen molar-refractivity contribution in [2.75, 3.05) is 0 Å². The highest BCUT2D eigenvalue weighted by atomic mass is 16.1. The fraction of sp³-hybridized carbons (Fsp3) is 0. The number of primary amides is 1. The van der Waals surface area contributed by atoms with Crippen LogP contribution < -0.4 is 5.72 Å². The van der Waals surface area contributed by atoms with Crippen molar-refractivity contribution in [2.45, 2.75) is 0 Å². The van der Waals surface area contributed by atoms with Crippen molar-refractivity contribution in [1.82, 2.24) is 0 Å². The van der Waals surface area contributed by atoms with Crippen LogP contribution in [0.25, 0.3) is 0 Å². The molecule has 28 valence electrons. The lowest BCUT2D eigenvalue weighted by Crippen LogP contribution is -2.04. The van der Waals surface area contributed by atoms with Gasteiger partial charge in [0.2, 0.25) is 5.91 Å². The fourth-order valence-corrected chi connectivity index (χ4v) is 0. The van der Waals surface area contributed by atoms with Gasteiger partial charge in [0.25, 0.3) is 0 Å². The first-order valence-corrected chi connectivity index (χ1v) is 1.12. The summed E-state index contributed by atoms with van der Waals surface area (Å²) in [5, 5.41) is 0. The summed E-state index contributed by atoms with van der Waals surface area (Å²) in [5.41, 5.74) is -0.0347. The van der Waals surface area contributed by atoms with Gasteiger partial charge < -0.3 is 5.72 Å². The number of carbonyl (C=O) groups is 1. The van der Waals surface area contributed by atoms with Gasteiger partial charge in [-0.3, -0.25) is 4.79 Å². The van der Waals surface area contributed by atoms with Crippen molar-refractivity contribution in [3.63, 3.8) is 0 Å². The van der Waals surface area contributed by atoms with Crippen molar-refractivity contribution in [3.8, 4) is 0 Å². The Balaban J connectivity index is 3.56. The van der Waals surface area contributed by atoms with Crippen LogP contribution in [0.15, 0.2) is 12.7 Å². The summed E-state index contributed by atoms with van der Waals surface area (Å²) in [6.45, 7) is 3.05. The second kappa shape index (κ2) is 1.52. The van der Waals surface area contributed by atoms with E-state index in [-0.39, 0.29) is 5.72 Å². The molecule has 2 nitrogen and oxygen atoms in total. The molecule has 0 radical (unpaired) electrons. The lowest BCUT2D eigenvalue weighted by molar-refractivity contribution is -0.113. The van der Waals surface area contributed by atoms with Gasteiger partial charge in [-0.2, -0.15) is 0 Å². The zero-order valence-corrected chi connectivity index (χ0v) is 2.64. The Kier molecular flexibility index (Phi) is 0.486. The van der Waals surface area contributed by atoms with E-state index in [0.717, 1.165) is 6.08 Å². The minimum absolute atomic E-state index is 0.0347. The average Bonchev–Trinajstić information content (AvgIpc) is 1.65. The van der Waals surface area contributed by atoms with Crippen molar-refractivity contribution in [1.29, 1.82) is 0 Å². The highest BCUT2D eigenvalue weighted by molar-refractivity contribution is 5.84. The Morgan fingerprint density at radius 2 is 3.00 bits per heavy atom. The molecule has 0 atom stereocenters. The molecule has 2 heteroatoms. The van der Waals surface area contributed by atoms with Crippen molar-refractivity contribution in [3.05, 3.63) is 12.7 Å². The molecule has 0 aliphatic heterocycles. The van der Waals surface area contributed by atoms with Gasteiger partial charge in [-0.05, 0) is 6.08 Å². The third-order valence-electron chi connectivity index (χ3n) is 0.175. The standard InChI is InChI=1S/C3H5NO/c1-2-3(4)5/h2H,1H2,(H2,4,5)/i/hD2. The Morgan fingerprint density at radius 3 is 3.00 bits per heavy atom. The van der Waals surface area contributed by atoms with Gasteiger partial charge in [0.05, 0.1) is 0 Å². The largest absolute Gasteiger partial charge is 0.366 e. The topological polar surface area (TPSA) is 43.1 Å². The maximum absolute atomic E-state index is 9.94. The number of carbonyl (C=O) groups excluding carboxylic acids is 1. The molecule has 0 aromatic heterocycles. The smallest absolute Gasteiger partial charge is 0.240 e. The molecular weight excluding hydrogens is 66.0 g/mol. The molecule has 2 N–H and O–H groups in total. The van der Waals surface area contributed by atoms with Gasteiger partial charge >= 0.3 is 0 Å². The van der Waals surface area contributed by atoms with E-state index in [4.69, 9.17) is 2.82 Å². The number of hydrogen-bond acceptors (Lipinski definition) is 1. The van der Waals surface area contributed by atoms with E-state index in [2.05, 4.69) is 6.58 Å². The Hall–Kier alpha value is -0.790. The van der Waals surface area contributed by atoms with E-state index in [9.17, 15) is 4.79 Å². The summed E-state index contributed by atoms with van der Waals surface area (Å²) < 4.78 is 12.5. The molecule has 1 amide bonds. The molecule has 0 saturated carbocycles. The van der Waals surface area contributed by atoms with Crippen LogP contribution in [0, 0.1) is 0 Å². The van der Waals surface area contributed by atoms with Gasteiger partial charge in [-0.15, -0.1) is 0 Å². The molecule has 0 saturated heterocycles. The van der Waals surface area contributed by atoms with E-state index < -0.39 is 5.91 Å². The molecule has 0 aromatic carbocycles. The van der Waals surface area contributed by atoms with E-state index in [1.54, 1.807) is 0 Å². The zero-order valence-electron chi connectivity index (χ0n) is 4.64. The van der Waals surface area contributed by atoms with E-state index in [1.807, 2.05) is 0 Å². The number of rotatable bonds is 1. The molecule has 0 rings (SSSR count). The lowest BCUT2D eigenvalue weighted by atomic mass is 10.6. The maximum atomic E-state index is 9.94. The van der Waals surface area contributed by atoms with Gasteiger partial charge in [0.15, 0.2) is 2.82 Å². The SMILES string of the molecule is [2H]N([2H])C(=O)C=C. The van der Waals surface area contributed by atoms with Crippen molar-refractivity contribution >= 4 is 5.91 Å². The van der Waals surface area contributed by atoms with Crippen molar-refractivity contribution in [2.24, 2.45) is 5.72 Å². The van der Waals surface area contributed by atoms with Gasteiger partial charge in [-0.1, -0.05) is 6.58 Å². The first-order valence-electron chi connectivity index (χ1n) is 2.02. The van der Waals surface area contributed by atoms with Crippen LogP contribution in [0.3, 0.4) is 0 Å². The molecule has 0 aromatic rings. The van der Waals surface area contributed by atoms with Gasteiger partial charge in [-0.25, -0.2) is 0 Å². The Bertz CT molecular complexity index is 90.9. The first-order chi connectivity index (χ1) is 3.18. The average molecular weight is 73.1 g/mol. The minimum Gasteiger partial charge on any atom is -0.366 e. The lowest BCUT2D eigenvalue weighted by Gasteiger charge is -1.65. The molecule has 0 aliphatic carbocycles. The summed E-state index contributed by atoms with van der Waals surface area (Å²) in [5.74, 6) is -0.722. The van der Waals surface area contributed by atoms with Crippen LogP contribution in [-0.4, -0.2) is 5.91 Å². The summed E-state index contributed by atoms with van der Waals surface area (Å²) in [6.07, 6.45) is 0.903. The zero-order chi connectivity index (χ0) is 5.86. The highest BCUT2D eigenvalue weighted by Crippen LogP contribution is 1.48. The Labute approximate surface area is 33.2 Å². The normalized spacial score (nSPS) is 11.2. The van der Waals surface area contributed by atoms with Crippen LogP contribution in [-0.2, 0) is 4.79 Å². The second-order valence-corrected chi connectivity index (χ2v) is 0.542. The van der Waals surface area contributed by atoms with E-state index in [1.165, 1.54) is 0 Å². The highest BCUT2D eigenvalue weighted by Gasteiger charge is 1.69. The molecular formula is C3H5NO. The number of hydrogen-bond donors (Lipinski definition) is 1. The molecule has 0 heterocycles. The fourth-order valence-electron chi connectivity index (χ4n) is 0. The molecule has 0 unspecified atom stereocenters. The minimum atomic E-state index is -0.722. The quantitative estimate of drug-likeness (QED) is 0.424. The second-order valence-electron chi connectivity index (χ2n) is 0.542. The third-order valence-corrected chi connectivity index (χ3v) is 0.175. The first kappa shape index (κ1) is 1.60. The number of amides is 1. The predicted molar refractivity (Wildman–Crippen MR) is 19.4 cm³/mol. The van der Waals surface area contributed by atoms with Crippen LogP contribution in [0.5, 0.6) is 0 Å². The maximum Gasteiger partial charge on any atom is 0.240 e. The van der Waals surface area contributed by atoms with Crippen LogP contribution >= 0.6 is 0 Å². The number of nitrogens with two attached hydrogens (primary N) is 1. The van der Waals surface area contributed by atoms with Gasteiger partial charge in [0.1, 0.15) is 0 Å². The molecule has 5 heavy (non-hydrogen) atoms. The summed E-state index contributed by atoms with van der Waals surface area (Å²) in [7, 11) is 0. The molecule has 0 bridgehead atoms. The van der Waals surface area contributed by atoms with Crippen LogP contribution in [0.4, 0.5) is 0 Å². The van der Waals surface area contributed by atoms with Crippen molar-refractivity contribution < 1.29 is 7.62 Å². The van der Waals surface area contributed by atoms with Gasteiger partial charge in [0, 0.05) is 0 Å². The van der Waals surface area contributed by atoms with E-state index >= 15 is 0 Å². The Morgan fingerprint density at radius 1 is 2.40 bits per heavy atom. The summed E-state index contributed by atoms with van der Waals surface area (Å²) in [6, 6.07) is 0. The third kappa shape index (κ3) is 3.21. The summed E-state index contributed by atoms with van der Waals surface area (Å²) in [4.78, 5) is 9.94. The summed E-state index contributed by atoms with van der Waals surface area (Å²) >= 11 is 0. The van der Waals surface area contributed by atoms with Crippen LogP contribution in [0.1, 0.15) is 0 Å². The predicted octanol–water partition coefficient (Wildman–Crippen LogP) is -0.342. The molecule has 0 aliphatic rings. The van der Waals surface area contributed by atoms with E-state index in [0.29, 0.717) is 0 Å². The van der Waals surface area contributed by atoms with Crippen LogP contribution in [0.2, 0.25) is 2.82 Å². The molecule has 0 fully saturated rings. The monoisotopic (exact) mass is 73.0 g/mol. The molecule has 0 spiro atoms.